The number of methoxy groups -OCH3 is 1. The molecule has 9 nitrogen and oxygen atoms in total. The molecule has 2 amide bonds. The minimum Gasteiger partial charge on any atom is -0.495 e. The first-order valence-corrected chi connectivity index (χ1v) is 9.39. The van der Waals surface area contributed by atoms with Gasteiger partial charge in [-0.15, -0.1) is 0 Å². The van der Waals surface area contributed by atoms with Crippen molar-refractivity contribution in [2.45, 2.75) is 0 Å². The van der Waals surface area contributed by atoms with E-state index in [9.17, 15) is 24.1 Å². The van der Waals surface area contributed by atoms with Gasteiger partial charge in [0.2, 0.25) is 11.7 Å². The lowest BCUT2D eigenvalue weighted by Gasteiger charge is -2.11. The normalized spacial score (nSPS) is 10.2. The SMILES string of the molecule is COc1ccccc1NC(=O)c1ccc(NC(=O)CNc2ccc(F)c([N+](=O)[O-])c2)cc1. The van der Waals surface area contributed by atoms with Gasteiger partial charge in [0.25, 0.3) is 5.91 Å². The minimum absolute atomic E-state index is 0.196. The van der Waals surface area contributed by atoms with Gasteiger partial charge < -0.3 is 20.7 Å². The molecule has 0 aliphatic heterocycles. The number of nitrogens with zero attached hydrogens (tertiary/aromatic N) is 1. The van der Waals surface area contributed by atoms with Crippen LogP contribution in [0.25, 0.3) is 0 Å². The van der Waals surface area contributed by atoms with E-state index in [4.69, 9.17) is 4.74 Å². The number of nitro benzene ring substituents is 1. The second kappa shape index (κ2) is 10.0. The van der Waals surface area contributed by atoms with E-state index >= 15 is 0 Å². The summed E-state index contributed by atoms with van der Waals surface area (Å²) in [6, 6.07) is 16.5. The number of nitrogens with one attached hydrogen (secondary N) is 3. The Morgan fingerprint density at radius 1 is 1.00 bits per heavy atom. The van der Waals surface area contributed by atoms with Gasteiger partial charge in [-0.1, -0.05) is 12.1 Å². The Kier molecular flexibility index (Phi) is 6.96. The Morgan fingerprint density at radius 2 is 1.69 bits per heavy atom. The van der Waals surface area contributed by atoms with Crippen molar-refractivity contribution < 1.29 is 23.6 Å². The molecule has 0 saturated heterocycles. The number of hydrogen-bond donors (Lipinski definition) is 3. The van der Waals surface area contributed by atoms with E-state index < -0.39 is 22.3 Å². The molecule has 10 heteroatoms. The highest BCUT2D eigenvalue weighted by Gasteiger charge is 2.15. The van der Waals surface area contributed by atoms with Crippen LogP contribution in [0.5, 0.6) is 5.75 Å². The summed E-state index contributed by atoms with van der Waals surface area (Å²) in [6.07, 6.45) is 0. The van der Waals surface area contributed by atoms with Crippen LogP contribution in [0.1, 0.15) is 10.4 Å². The molecule has 32 heavy (non-hydrogen) atoms. The molecule has 3 aromatic rings. The van der Waals surface area contributed by atoms with E-state index in [-0.39, 0.29) is 18.1 Å². The van der Waals surface area contributed by atoms with Crippen LogP contribution in [-0.2, 0) is 4.79 Å². The Labute approximate surface area is 182 Å². The average molecular weight is 438 g/mol. The molecule has 0 heterocycles. The standard InChI is InChI=1S/C22H19FN4O5/c1-32-20-5-3-2-4-18(20)26-22(29)14-6-8-15(9-7-14)25-21(28)13-24-16-10-11-17(23)19(12-16)27(30)31/h2-12,24H,13H2,1H3,(H,25,28)(H,26,29). The maximum Gasteiger partial charge on any atom is 0.306 e. The monoisotopic (exact) mass is 438 g/mol. The zero-order valence-electron chi connectivity index (χ0n) is 16.9. The fraction of sp³-hybridized carbons (Fsp3) is 0.0909. The summed E-state index contributed by atoms with van der Waals surface area (Å²) < 4.78 is 18.6. The minimum atomic E-state index is -0.958. The third-order valence-electron chi connectivity index (χ3n) is 4.38. The Bertz CT molecular complexity index is 1150. The molecule has 0 radical (unpaired) electrons. The summed E-state index contributed by atoms with van der Waals surface area (Å²) in [4.78, 5) is 34.5. The lowest BCUT2D eigenvalue weighted by atomic mass is 10.2. The lowest BCUT2D eigenvalue weighted by molar-refractivity contribution is -0.387. The van der Waals surface area contributed by atoms with Crippen LogP contribution >= 0.6 is 0 Å². The number of rotatable bonds is 8. The van der Waals surface area contributed by atoms with Crippen LogP contribution in [0.2, 0.25) is 0 Å². The highest BCUT2D eigenvalue weighted by Crippen LogP contribution is 2.24. The van der Waals surface area contributed by atoms with Crippen molar-refractivity contribution in [3.05, 3.63) is 88.2 Å². The van der Waals surface area contributed by atoms with Gasteiger partial charge in [-0.2, -0.15) is 4.39 Å². The molecule has 3 aromatic carbocycles. The van der Waals surface area contributed by atoms with Gasteiger partial charge in [0.15, 0.2) is 0 Å². The van der Waals surface area contributed by atoms with Crippen molar-refractivity contribution in [3.8, 4) is 5.75 Å². The van der Waals surface area contributed by atoms with Gasteiger partial charge in [-0.05, 0) is 48.5 Å². The zero-order chi connectivity index (χ0) is 23.1. The van der Waals surface area contributed by atoms with Crippen molar-refractivity contribution in [2.24, 2.45) is 0 Å². The maximum atomic E-state index is 13.4. The summed E-state index contributed by atoms with van der Waals surface area (Å²) >= 11 is 0. The number of para-hydroxylation sites is 2. The second-order valence-corrected chi connectivity index (χ2v) is 6.56. The van der Waals surface area contributed by atoms with Crippen molar-refractivity contribution in [3.63, 3.8) is 0 Å². The molecule has 0 fully saturated rings. The van der Waals surface area contributed by atoms with Gasteiger partial charge in [-0.25, -0.2) is 0 Å². The Morgan fingerprint density at radius 3 is 2.38 bits per heavy atom. The van der Waals surface area contributed by atoms with Gasteiger partial charge >= 0.3 is 5.69 Å². The molecule has 0 unspecified atom stereocenters. The predicted octanol–water partition coefficient (Wildman–Crippen LogP) is 4.05. The number of ether oxygens (including phenoxy) is 1. The fourth-order valence-corrected chi connectivity index (χ4v) is 2.80. The van der Waals surface area contributed by atoms with E-state index in [0.717, 1.165) is 12.1 Å². The molecule has 3 rings (SSSR count). The van der Waals surface area contributed by atoms with Crippen LogP contribution in [0, 0.1) is 15.9 Å². The summed E-state index contributed by atoms with van der Waals surface area (Å²) in [7, 11) is 1.51. The van der Waals surface area contributed by atoms with Gasteiger partial charge in [0, 0.05) is 23.0 Å². The smallest absolute Gasteiger partial charge is 0.306 e. The molecular weight excluding hydrogens is 419 g/mol. The largest absolute Gasteiger partial charge is 0.495 e. The topological polar surface area (TPSA) is 123 Å². The second-order valence-electron chi connectivity index (χ2n) is 6.56. The van der Waals surface area contributed by atoms with Crippen LogP contribution in [0.15, 0.2) is 66.7 Å². The van der Waals surface area contributed by atoms with Crippen LogP contribution in [-0.4, -0.2) is 30.4 Å². The average Bonchev–Trinajstić information content (AvgIpc) is 2.79. The first kappa shape index (κ1) is 22.2. The van der Waals surface area contributed by atoms with E-state index in [1.54, 1.807) is 48.5 Å². The number of carbonyl (C=O) groups excluding carboxylic acids is 2. The first-order valence-electron chi connectivity index (χ1n) is 9.39. The Balaban J connectivity index is 1.56. The number of anilines is 3. The zero-order valence-corrected chi connectivity index (χ0v) is 16.9. The summed E-state index contributed by atoms with van der Waals surface area (Å²) in [5.41, 5.74) is 0.917. The fourth-order valence-electron chi connectivity index (χ4n) is 2.80. The van der Waals surface area contributed by atoms with E-state index in [1.165, 1.54) is 13.2 Å². The third-order valence-corrected chi connectivity index (χ3v) is 4.38. The quantitative estimate of drug-likeness (QED) is 0.360. The van der Waals surface area contributed by atoms with Crippen LogP contribution in [0.4, 0.5) is 27.1 Å². The van der Waals surface area contributed by atoms with Crippen LogP contribution in [0.3, 0.4) is 0 Å². The van der Waals surface area contributed by atoms with Gasteiger partial charge in [-0.3, -0.25) is 19.7 Å². The summed E-state index contributed by atoms with van der Waals surface area (Å²) in [5, 5.41) is 18.9. The molecule has 0 spiro atoms. The molecule has 3 N–H and O–H groups in total. The van der Waals surface area contributed by atoms with Crippen molar-refractivity contribution in [2.75, 3.05) is 29.6 Å². The van der Waals surface area contributed by atoms with Gasteiger partial charge in [0.1, 0.15) is 5.75 Å². The van der Waals surface area contributed by atoms with E-state index in [2.05, 4.69) is 16.0 Å². The molecule has 0 saturated carbocycles. The van der Waals surface area contributed by atoms with E-state index in [1.807, 2.05) is 0 Å². The highest BCUT2D eigenvalue weighted by molar-refractivity contribution is 6.05. The first-order chi connectivity index (χ1) is 15.4. The Hall–Kier alpha value is -4.47. The van der Waals surface area contributed by atoms with Crippen molar-refractivity contribution in [1.29, 1.82) is 0 Å². The molecule has 0 aromatic heterocycles. The number of halogens is 1. The van der Waals surface area contributed by atoms with Crippen molar-refractivity contribution in [1.82, 2.24) is 0 Å². The predicted molar refractivity (Wildman–Crippen MR) is 118 cm³/mol. The van der Waals surface area contributed by atoms with Crippen molar-refractivity contribution >= 4 is 34.6 Å². The number of carbonyl (C=O) groups is 2. The molecule has 0 bridgehead atoms. The number of benzene rings is 3. The number of nitro groups is 1. The highest BCUT2D eigenvalue weighted by atomic mass is 19.1. The molecule has 164 valence electrons. The number of amides is 2. The third kappa shape index (κ3) is 5.57. The van der Waals surface area contributed by atoms with E-state index in [0.29, 0.717) is 22.7 Å². The molecular formula is C22H19FN4O5. The maximum absolute atomic E-state index is 13.4. The molecule has 0 aliphatic rings. The van der Waals surface area contributed by atoms with Gasteiger partial charge in [0.05, 0.1) is 24.3 Å². The molecule has 0 aliphatic carbocycles. The lowest BCUT2D eigenvalue weighted by Crippen LogP contribution is -2.22. The van der Waals surface area contributed by atoms with Crippen LogP contribution < -0.4 is 20.7 Å². The summed E-state index contributed by atoms with van der Waals surface area (Å²) in [6.45, 7) is -0.196. The summed E-state index contributed by atoms with van der Waals surface area (Å²) in [5.74, 6) is -1.20. The number of hydrogen-bond acceptors (Lipinski definition) is 6. The molecule has 0 atom stereocenters.